The van der Waals surface area contributed by atoms with Gasteiger partial charge in [0.2, 0.25) is 5.91 Å². The topological polar surface area (TPSA) is 67.0 Å². The molecule has 2 heterocycles. The minimum absolute atomic E-state index is 0.0776. The Kier molecular flexibility index (Phi) is 4.55. The van der Waals surface area contributed by atoms with Crippen molar-refractivity contribution in [2.45, 2.75) is 44.8 Å². The number of carbonyl (C=O) groups excluding carboxylic acids is 1. The molecular weight excluding hydrogens is 218 g/mol. The lowest BCUT2D eigenvalue weighted by molar-refractivity contribution is -0.122. The quantitative estimate of drug-likeness (QED) is 0.813. The van der Waals surface area contributed by atoms with Crippen LogP contribution in [0.3, 0.4) is 0 Å². The molecule has 0 spiro atoms. The fourth-order valence-corrected chi connectivity index (χ4v) is 1.99. The molecule has 1 unspecified atom stereocenters. The summed E-state index contributed by atoms with van der Waals surface area (Å²) >= 11 is 0. The minimum atomic E-state index is 0.0776. The van der Waals surface area contributed by atoms with Gasteiger partial charge in [-0.15, -0.1) is 0 Å². The van der Waals surface area contributed by atoms with Crippen LogP contribution in [0.4, 0.5) is 0 Å². The van der Waals surface area contributed by atoms with Gasteiger partial charge in [0.05, 0.1) is 18.3 Å². The summed E-state index contributed by atoms with van der Waals surface area (Å²) in [4.78, 5) is 11.6. The molecule has 0 saturated carbocycles. The predicted molar refractivity (Wildman–Crippen MR) is 63.3 cm³/mol. The molecule has 0 radical (unpaired) electrons. The molecule has 1 aromatic rings. The van der Waals surface area contributed by atoms with Crippen molar-refractivity contribution in [1.82, 2.24) is 15.5 Å². The average Bonchev–Trinajstić information content (AvgIpc) is 2.88. The summed E-state index contributed by atoms with van der Waals surface area (Å²) in [6.45, 7) is 1.37. The van der Waals surface area contributed by atoms with Gasteiger partial charge in [-0.05, 0) is 31.7 Å². The number of nitrogens with zero attached hydrogens (tertiary/aromatic N) is 1. The number of ether oxygens (including phenoxy) is 1. The van der Waals surface area contributed by atoms with Gasteiger partial charge < -0.3 is 10.1 Å². The molecule has 5 heteroatoms. The lowest BCUT2D eigenvalue weighted by Gasteiger charge is -2.22. The lowest BCUT2D eigenvalue weighted by atomic mass is 10.0. The van der Waals surface area contributed by atoms with Crippen LogP contribution in [-0.2, 0) is 16.1 Å². The van der Waals surface area contributed by atoms with E-state index in [1.165, 1.54) is 6.42 Å². The third-order valence-electron chi connectivity index (χ3n) is 3.00. The maximum absolute atomic E-state index is 11.6. The zero-order valence-electron chi connectivity index (χ0n) is 9.95. The zero-order chi connectivity index (χ0) is 11.9. The summed E-state index contributed by atoms with van der Waals surface area (Å²) in [7, 11) is 0. The van der Waals surface area contributed by atoms with Crippen molar-refractivity contribution >= 4 is 5.91 Å². The van der Waals surface area contributed by atoms with Crippen LogP contribution < -0.4 is 5.32 Å². The van der Waals surface area contributed by atoms with Crippen LogP contribution in [0.5, 0.6) is 0 Å². The molecule has 0 aliphatic carbocycles. The van der Waals surface area contributed by atoms with Gasteiger partial charge in [-0.3, -0.25) is 9.89 Å². The number of rotatable bonds is 5. The predicted octanol–water partition coefficient (Wildman–Crippen LogP) is 1.38. The van der Waals surface area contributed by atoms with Crippen LogP contribution in [0.25, 0.3) is 0 Å². The van der Waals surface area contributed by atoms with Gasteiger partial charge in [-0.1, -0.05) is 0 Å². The first kappa shape index (κ1) is 12.1. The number of amides is 1. The van der Waals surface area contributed by atoms with E-state index in [4.69, 9.17) is 4.74 Å². The molecule has 1 atom stereocenters. The molecule has 17 heavy (non-hydrogen) atoms. The summed E-state index contributed by atoms with van der Waals surface area (Å²) in [5.74, 6) is 0.0776. The molecule has 94 valence electrons. The van der Waals surface area contributed by atoms with E-state index in [2.05, 4.69) is 15.5 Å². The second-order valence-corrected chi connectivity index (χ2v) is 4.39. The highest BCUT2D eigenvalue weighted by molar-refractivity contribution is 5.75. The Morgan fingerprint density at radius 1 is 1.59 bits per heavy atom. The van der Waals surface area contributed by atoms with Gasteiger partial charge in [0.25, 0.3) is 0 Å². The van der Waals surface area contributed by atoms with E-state index in [9.17, 15) is 4.79 Å². The van der Waals surface area contributed by atoms with Gasteiger partial charge in [0.15, 0.2) is 0 Å². The van der Waals surface area contributed by atoms with Crippen LogP contribution in [0.1, 0.15) is 37.8 Å². The number of hydrogen-bond acceptors (Lipinski definition) is 3. The summed E-state index contributed by atoms with van der Waals surface area (Å²) in [5.41, 5.74) is 0.923. The van der Waals surface area contributed by atoms with Gasteiger partial charge in [-0.2, -0.15) is 5.10 Å². The molecule has 1 aliphatic rings. The van der Waals surface area contributed by atoms with Crippen molar-refractivity contribution in [3.8, 4) is 0 Å². The molecule has 1 amide bonds. The van der Waals surface area contributed by atoms with E-state index in [1.807, 2.05) is 6.07 Å². The van der Waals surface area contributed by atoms with Gasteiger partial charge in [-0.25, -0.2) is 0 Å². The Labute approximate surface area is 101 Å². The Bertz CT molecular complexity index is 332. The fraction of sp³-hybridized carbons (Fsp3) is 0.667. The molecule has 5 nitrogen and oxygen atoms in total. The van der Waals surface area contributed by atoms with Crippen molar-refractivity contribution in [2.75, 3.05) is 6.61 Å². The minimum Gasteiger partial charge on any atom is -0.378 e. The standard InChI is InChI=1S/C12H19N3O2/c16-12(13-9-10-6-7-14-15-10)5-4-11-3-1-2-8-17-11/h6-7,11H,1-5,8-9H2,(H,13,16)(H,14,15). The maximum atomic E-state index is 11.6. The van der Waals surface area contributed by atoms with Gasteiger partial charge in [0, 0.05) is 19.2 Å². The first-order valence-electron chi connectivity index (χ1n) is 6.21. The summed E-state index contributed by atoms with van der Waals surface area (Å²) in [6.07, 6.45) is 6.79. The van der Waals surface area contributed by atoms with Crippen molar-refractivity contribution < 1.29 is 9.53 Å². The molecule has 1 fully saturated rings. The van der Waals surface area contributed by atoms with Crippen molar-refractivity contribution in [3.63, 3.8) is 0 Å². The van der Waals surface area contributed by atoms with Crippen molar-refractivity contribution in [1.29, 1.82) is 0 Å². The van der Waals surface area contributed by atoms with E-state index in [0.717, 1.165) is 31.6 Å². The molecule has 1 aromatic heterocycles. The number of aromatic nitrogens is 2. The zero-order valence-corrected chi connectivity index (χ0v) is 9.95. The first-order chi connectivity index (χ1) is 8.34. The normalized spacial score (nSPS) is 20.1. The molecule has 2 rings (SSSR count). The van der Waals surface area contributed by atoms with Crippen molar-refractivity contribution in [3.05, 3.63) is 18.0 Å². The highest BCUT2D eigenvalue weighted by atomic mass is 16.5. The Hall–Kier alpha value is -1.36. The van der Waals surface area contributed by atoms with E-state index < -0.39 is 0 Å². The monoisotopic (exact) mass is 237 g/mol. The molecule has 2 N–H and O–H groups in total. The van der Waals surface area contributed by atoms with Crippen LogP contribution in [-0.4, -0.2) is 28.8 Å². The van der Waals surface area contributed by atoms with Crippen molar-refractivity contribution in [2.24, 2.45) is 0 Å². The first-order valence-corrected chi connectivity index (χ1v) is 6.21. The smallest absolute Gasteiger partial charge is 0.220 e. The number of carbonyl (C=O) groups is 1. The summed E-state index contributed by atoms with van der Waals surface area (Å²) < 4.78 is 5.58. The van der Waals surface area contributed by atoms with Crippen LogP contribution in [0, 0.1) is 0 Å². The molecular formula is C12H19N3O2. The third-order valence-corrected chi connectivity index (χ3v) is 3.00. The van der Waals surface area contributed by atoms with Crippen LogP contribution in [0.2, 0.25) is 0 Å². The Morgan fingerprint density at radius 3 is 3.24 bits per heavy atom. The highest BCUT2D eigenvalue weighted by Gasteiger charge is 2.15. The maximum Gasteiger partial charge on any atom is 0.220 e. The summed E-state index contributed by atoms with van der Waals surface area (Å²) in [6, 6.07) is 1.85. The summed E-state index contributed by atoms with van der Waals surface area (Å²) in [5, 5.41) is 9.49. The van der Waals surface area contributed by atoms with E-state index in [-0.39, 0.29) is 12.0 Å². The Morgan fingerprint density at radius 2 is 2.53 bits per heavy atom. The molecule has 1 saturated heterocycles. The second kappa shape index (κ2) is 6.39. The molecule has 1 aliphatic heterocycles. The SMILES string of the molecule is O=C(CCC1CCCCO1)NCc1ccn[nH]1. The van der Waals surface area contributed by atoms with Gasteiger partial charge >= 0.3 is 0 Å². The third kappa shape index (κ3) is 4.19. The van der Waals surface area contributed by atoms with Crippen LogP contribution >= 0.6 is 0 Å². The molecule has 0 aromatic carbocycles. The number of aromatic amines is 1. The average molecular weight is 237 g/mol. The largest absolute Gasteiger partial charge is 0.378 e. The highest BCUT2D eigenvalue weighted by Crippen LogP contribution is 2.16. The van der Waals surface area contributed by atoms with E-state index in [0.29, 0.717) is 13.0 Å². The number of nitrogens with one attached hydrogen (secondary N) is 2. The second-order valence-electron chi connectivity index (χ2n) is 4.39. The molecule has 0 bridgehead atoms. The lowest BCUT2D eigenvalue weighted by Crippen LogP contribution is -2.26. The van der Waals surface area contributed by atoms with E-state index in [1.54, 1.807) is 6.20 Å². The number of hydrogen-bond donors (Lipinski definition) is 2. The van der Waals surface area contributed by atoms with Crippen LogP contribution in [0.15, 0.2) is 12.3 Å². The van der Waals surface area contributed by atoms with E-state index >= 15 is 0 Å². The Balaban J connectivity index is 1.60. The number of H-pyrrole nitrogens is 1. The fourth-order valence-electron chi connectivity index (χ4n) is 1.99. The van der Waals surface area contributed by atoms with Gasteiger partial charge in [0.1, 0.15) is 0 Å².